The van der Waals surface area contributed by atoms with E-state index in [4.69, 9.17) is 10.2 Å². The molecule has 1 aliphatic rings. The number of hydrogen-bond acceptors (Lipinski definition) is 4. The molecule has 1 saturated carbocycles. The highest BCUT2D eigenvalue weighted by molar-refractivity contribution is 5.41. The van der Waals surface area contributed by atoms with Crippen LogP contribution >= 0.6 is 0 Å². The number of nitrogens with zero attached hydrogens (tertiary/aromatic N) is 2. The summed E-state index contributed by atoms with van der Waals surface area (Å²) in [5.41, 5.74) is 0.821. The summed E-state index contributed by atoms with van der Waals surface area (Å²) in [5.74, 6) is 0.899. The van der Waals surface area contributed by atoms with Crippen LogP contribution in [0.2, 0.25) is 0 Å². The van der Waals surface area contributed by atoms with Crippen LogP contribution in [-0.4, -0.2) is 34.4 Å². The lowest BCUT2D eigenvalue weighted by atomic mass is 9.91. The quantitative estimate of drug-likeness (QED) is 0.778. The van der Waals surface area contributed by atoms with Crippen LogP contribution in [0.15, 0.2) is 18.3 Å². The smallest absolute Gasteiger partial charge is 0.128 e. The molecule has 0 aromatic carbocycles. The van der Waals surface area contributed by atoms with Gasteiger partial charge in [0.05, 0.1) is 13.2 Å². The molecule has 0 bridgehead atoms. The fraction of sp³-hybridized carbons (Fsp3) is 0.583. The van der Waals surface area contributed by atoms with E-state index in [-0.39, 0.29) is 13.2 Å². The molecular formula is C12H18N2O2. The molecule has 1 aliphatic carbocycles. The second kappa shape index (κ2) is 5.27. The molecule has 4 nitrogen and oxygen atoms in total. The molecule has 4 heteroatoms. The van der Waals surface area contributed by atoms with Gasteiger partial charge in [-0.3, -0.25) is 0 Å². The van der Waals surface area contributed by atoms with E-state index in [1.54, 1.807) is 6.20 Å². The monoisotopic (exact) mass is 222 g/mol. The number of aliphatic hydroxyl groups is 2. The molecule has 0 atom stereocenters. The van der Waals surface area contributed by atoms with Crippen molar-refractivity contribution in [3.63, 3.8) is 0 Å². The van der Waals surface area contributed by atoms with Gasteiger partial charge in [-0.25, -0.2) is 4.98 Å². The summed E-state index contributed by atoms with van der Waals surface area (Å²) < 4.78 is 0. The fourth-order valence-corrected chi connectivity index (χ4v) is 1.97. The van der Waals surface area contributed by atoms with E-state index in [0.29, 0.717) is 12.6 Å². The molecule has 0 radical (unpaired) electrons. The van der Waals surface area contributed by atoms with Crippen molar-refractivity contribution in [2.45, 2.75) is 31.9 Å². The molecule has 16 heavy (non-hydrogen) atoms. The van der Waals surface area contributed by atoms with E-state index < -0.39 is 0 Å². The van der Waals surface area contributed by atoms with Crippen molar-refractivity contribution in [3.8, 4) is 0 Å². The van der Waals surface area contributed by atoms with E-state index in [0.717, 1.165) is 11.4 Å². The molecule has 1 aromatic rings. The summed E-state index contributed by atoms with van der Waals surface area (Å²) in [4.78, 5) is 6.48. The summed E-state index contributed by atoms with van der Waals surface area (Å²) in [6, 6.07) is 4.32. The molecule has 2 rings (SSSR count). The zero-order valence-electron chi connectivity index (χ0n) is 9.34. The minimum atomic E-state index is 0.0245. The molecule has 2 N–H and O–H groups in total. The first-order valence-corrected chi connectivity index (χ1v) is 5.78. The van der Waals surface area contributed by atoms with Gasteiger partial charge in [-0.15, -0.1) is 0 Å². The first-order chi connectivity index (χ1) is 7.85. The lowest BCUT2D eigenvalue weighted by Crippen LogP contribution is -2.42. The largest absolute Gasteiger partial charge is 0.395 e. The average molecular weight is 222 g/mol. The van der Waals surface area contributed by atoms with Crippen LogP contribution in [0.25, 0.3) is 0 Å². The summed E-state index contributed by atoms with van der Waals surface area (Å²) in [7, 11) is 0. The van der Waals surface area contributed by atoms with Crippen molar-refractivity contribution in [1.82, 2.24) is 4.98 Å². The predicted octanol–water partition coefficient (Wildman–Crippen LogP) is 0.925. The number of hydrogen-bond donors (Lipinski definition) is 2. The molecule has 0 spiro atoms. The van der Waals surface area contributed by atoms with Gasteiger partial charge in [0.15, 0.2) is 0 Å². The molecule has 0 unspecified atom stereocenters. The maximum absolute atomic E-state index is 9.06. The Morgan fingerprint density at radius 2 is 2.12 bits per heavy atom. The van der Waals surface area contributed by atoms with Crippen molar-refractivity contribution in [3.05, 3.63) is 23.9 Å². The van der Waals surface area contributed by atoms with Crippen LogP contribution in [-0.2, 0) is 6.61 Å². The Hall–Kier alpha value is -1.13. The van der Waals surface area contributed by atoms with Crippen molar-refractivity contribution < 1.29 is 10.2 Å². The molecule has 1 fully saturated rings. The highest BCUT2D eigenvalue weighted by Gasteiger charge is 2.25. The Bertz CT molecular complexity index is 322. The van der Waals surface area contributed by atoms with Crippen LogP contribution in [0.1, 0.15) is 24.8 Å². The van der Waals surface area contributed by atoms with Gasteiger partial charge in [-0.1, -0.05) is 6.07 Å². The summed E-state index contributed by atoms with van der Waals surface area (Å²) in [6.45, 7) is 0.812. The van der Waals surface area contributed by atoms with E-state index >= 15 is 0 Å². The predicted molar refractivity (Wildman–Crippen MR) is 62.2 cm³/mol. The van der Waals surface area contributed by atoms with Crippen LogP contribution in [0, 0.1) is 0 Å². The number of pyridine rings is 1. The van der Waals surface area contributed by atoms with E-state index in [1.165, 1.54) is 19.3 Å². The van der Waals surface area contributed by atoms with Crippen molar-refractivity contribution in [2.75, 3.05) is 18.1 Å². The van der Waals surface area contributed by atoms with Gasteiger partial charge in [0.1, 0.15) is 5.82 Å². The lowest BCUT2D eigenvalue weighted by molar-refractivity contribution is 0.280. The standard InChI is InChI=1S/C12H18N2O2/c15-7-6-14(11-2-1-3-11)12-5-4-10(9-16)8-13-12/h4-5,8,11,15-16H,1-3,6-7,9H2. The summed E-state index contributed by atoms with van der Waals surface area (Å²) in [5, 5.41) is 18.0. The van der Waals surface area contributed by atoms with Gasteiger partial charge in [0.25, 0.3) is 0 Å². The maximum Gasteiger partial charge on any atom is 0.128 e. The number of aromatic nitrogens is 1. The van der Waals surface area contributed by atoms with E-state index in [9.17, 15) is 0 Å². The Kier molecular flexibility index (Phi) is 3.74. The minimum absolute atomic E-state index is 0.0245. The number of aliphatic hydroxyl groups excluding tert-OH is 2. The number of rotatable bonds is 5. The molecular weight excluding hydrogens is 204 g/mol. The van der Waals surface area contributed by atoms with E-state index in [1.807, 2.05) is 12.1 Å². The van der Waals surface area contributed by atoms with Gasteiger partial charge in [0.2, 0.25) is 0 Å². The first-order valence-electron chi connectivity index (χ1n) is 5.78. The maximum atomic E-state index is 9.06. The third kappa shape index (κ3) is 2.33. The van der Waals surface area contributed by atoms with E-state index in [2.05, 4.69) is 9.88 Å². The van der Waals surface area contributed by atoms with Crippen molar-refractivity contribution in [2.24, 2.45) is 0 Å². The van der Waals surface area contributed by atoms with Gasteiger partial charge >= 0.3 is 0 Å². The zero-order chi connectivity index (χ0) is 11.4. The highest BCUT2D eigenvalue weighted by atomic mass is 16.3. The lowest BCUT2D eigenvalue weighted by Gasteiger charge is -2.38. The Balaban J connectivity index is 2.10. The van der Waals surface area contributed by atoms with Crippen LogP contribution in [0.4, 0.5) is 5.82 Å². The van der Waals surface area contributed by atoms with Crippen molar-refractivity contribution in [1.29, 1.82) is 0 Å². The first kappa shape index (κ1) is 11.4. The normalized spacial score (nSPS) is 15.9. The molecule has 88 valence electrons. The third-order valence-electron chi connectivity index (χ3n) is 3.14. The zero-order valence-corrected chi connectivity index (χ0v) is 9.34. The Morgan fingerprint density at radius 3 is 2.56 bits per heavy atom. The average Bonchev–Trinajstić information content (AvgIpc) is 2.26. The molecule has 1 aromatic heterocycles. The summed E-state index contributed by atoms with van der Waals surface area (Å²) in [6.07, 6.45) is 5.33. The molecule has 1 heterocycles. The topological polar surface area (TPSA) is 56.6 Å². The Morgan fingerprint density at radius 1 is 1.31 bits per heavy atom. The highest BCUT2D eigenvalue weighted by Crippen LogP contribution is 2.28. The van der Waals surface area contributed by atoms with Gasteiger partial charge < -0.3 is 15.1 Å². The third-order valence-corrected chi connectivity index (χ3v) is 3.14. The second-order valence-electron chi connectivity index (χ2n) is 4.18. The number of anilines is 1. The molecule has 0 amide bonds. The van der Waals surface area contributed by atoms with Crippen LogP contribution < -0.4 is 4.90 Å². The van der Waals surface area contributed by atoms with Gasteiger partial charge in [-0.2, -0.15) is 0 Å². The minimum Gasteiger partial charge on any atom is -0.395 e. The molecule has 0 aliphatic heterocycles. The fourth-order valence-electron chi connectivity index (χ4n) is 1.97. The van der Waals surface area contributed by atoms with Crippen LogP contribution in [0.5, 0.6) is 0 Å². The van der Waals surface area contributed by atoms with Crippen LogP contribution in [0.3, 0.4) is 0 Å². The SMILES string of the molecule is OCCN(c1ccc(CO)cn1)C1CCC1. The summed E-state index contributed by atoms with van der Waals surface area (Å²) >= 11 is 0. The Labute approximate surface area is 95.5 Å². The second-order valence-corrected chi connectivity index (χ2v) is 4.18. The van der Waals surface area contributed by atoms with Gasteiger partial charge in [-0.05, 0) is 30.9 Å². The van der Waals surface area contributed by atoms with Gasteiger partial charge in [0, 0.05) is 18.8 Å². The van der Waals surface area contributed by atoms with Crippen molar-refractivity contribution >= 4 is 5.82 Å². The molecule has 0 saturated heterocycles.